The van der Waals surface area contributed by atoms with E-state index in [4.69, 9.17) is 9.47 Å². The van der Waals surface area contributed by atoms with Gasteiger partial charge < -0.3 is 19.9 Å². The Labute approximate surface area is 101 Å². The molecule has 17 heavy (non-hydrogen) atoms. The number of aliphatic hydroxyl groups excluding tert-OH is 1. The topological polar surface area (TPSA) is 67.8 Å². The fourth-order valence-corrected chi connectivity index (χ4v) is 2.45. The molecule has 2 N–H and O–H groups in total. The summed E-state index contributed by atoms with van der Waals surface area (Å²) in [5.74, 6) is 0.303. The van der Waals surface area contributed by atoms with Gasteiger partial charge in [-0.05, 0) is 25.2 Å². The highest BCUT2D eigenvalue weighted by atomic mass is 16.6. The molecule has 1 saturated heterocycles. The first-order valence-corrected chi connectivity index (χ1v) is 6.41. The SMILES string of the molecule is O=C(NCC1CCCC(O)C1)C1COCCO1. The van der Waals surface area contributed by atoms with Gasteiger partial charge in [0, 0.05) is 6.54 Å². The fraction of sp³-hybridized carbons (Fsp3) is 0.917. The number of carbonyl (C=O) groups excluding carboxylic acids is 1. The molecule has 0 spiro atoms. The molecule has 2 aliphatic rings. The van der Waals surface area contributed by atoms with E-state index in [9.17, 15) is 9.90 Å². The minimum Gasteiger partial charge on any atom is -0.393 e. The van der Waals surface area contributed by atoms with Gasteiger partial charge in [-0.25, -0.2) is 0 Å². The zero-order valence-corrected chi connectivity index (χ0v) is 10.1. The van der Waals surface area contributed by atoms with Crippen molar-refractivity contribution in [3.8, 4) is 0 Å². The predicted octanol–water partition coefficient (Wildman–Crippen LogP) is 0.0691. The lowest BCUT2D eigenvalue weighted by Gasteiger charge is -2.27. The summed E-state index contributed by atoms with van der Waals surface area (Å²) >= 11 is 0. The van der Waals surface area contributed by atoms with Crippen LogP contribution < -0.4 is 5.32 Å². The number of carbonyl (C=O) groups is 1. The van der Waals surface area contributed by atoms with E-state index in [-0.39, 0.29) is 12.0 Å². The van der Waals surface area contributed by atoms with Crippen LogP contribution in [0.3, 0.4) is 0 Å². The van der Waals surface area contributed by atoms with E-state index in [1.54, 1.807) is 0 Å². The van der Waals surface area contributed by atoms with E-state index in [0.717, 1.165) is 25.7 Å². The van der Waals surface area contributed by atoms with Crippen molar-refractivity contribution in [1.29, 1.82) is 0 Å². The molecule has 1 aliphatic heterocycles. The Hall–Kier alpha value is -0.650. The highest BCUT2D eigenvalue weighted by Gasteiger charge is 2.25. The van der Waals surface area contributed by atoms with Crippen LogP contribution in [0.4, 0.5) is 0 Å². The Balaban J connectivity index is 1.68. The first-order valence-electron chi connectivity index (χ1n) is 6.41. The lowest BCUT2D eigenvalue weighted by molar-refractivity contribution is -0.147. The van der Waals surface area contributed by atoms with Crippen molar-refractivity contribution in [1.82, 2.24) is 5.32 Å². The molecule has 0 aromatic heterocycles. The average Bonchev–Trinajstić information content (AvgIpc) is 2.37. The van der Waals surface area contributed by atoms with Crippen LogP contribution in [0.2, 0.25) is 0 Å². The maximum atomic E-state index is 11.7. The molecule has 1 aliphatic carbocycles. The summed E-state index contributed by atoms with van der Waals surface area (Å²) in [5, 5.41) is 12.4. The second kappa shape index (κ2) is 6.33. The van der Waals surface area contributed by atoms with Crippen LogP contribution in [-0.2, 0) is 14.3 Å². The van der Waals surface area contributed by atoms with Gasteiger partial charge >= 0.3 is 0 Å². The normalized spacial score (nSPS) is 34.3. The van der Waals surface area contributed by atoms with E-state index in [1.807, 2.05) is 0 Å². The predicted molar refractivity (Wildman–Crippen MR) is 61.5 cm³/mol. The molecule has 3 atom stereocenters. The smallest absolute Gasteiger partial charge is 0.251 e. The van der Waals surface area contributed by atoms with Gasteiger partial charge in [-0.2, -0.15) is 0 Å². The van der Waals surface area contributed by atoms with Gasteiger partial charge in [0.05, 0.1) is 25.9 Å². The number of aliphatic hydroxyl groups is 1. The molecular formula is C12H21NO4. The average molecular weight is 243 g/mol. The quantitative estimate of drug-likeness (QED) is 0.736. The molecule has 3 unspecified atom stereocenters. The Morgan fingerprint density at radius 2 is 2.24 bits per heavy atom. The summed E-state index contributed by atoms with van der Waals surface area (Å²) in [7, 11) is 0. The molecule has 0 aromatic carbocycles. The van der Waals surface area contributed by atoms with Gasteiger partial charge in [-0.3, -0.25) is 4.79 Å². The van der Waals surface area contributed by atoms with Gasteiger partial charge in [-0.15, -0.1) is 0 Å². The minimum absolute atomic E-state index is 0.0928. The third-order valence-corrected chi connectivity index (χ3v) is 3.43. The van der Waals surface area contributed by atoms with Crippen molar-refractivity contribution in [3.05, 3.63) is 0 Å². The number of ether oxygens (including phenoxy) is 2. The standard InChI is InChI=1S/C12H21NO4/c14-10-3-1-2-9(6-10)7-13-12(15)11-8-16-4-5-17-11/h9-11,14H,1-8H2,(H,13,15). The van der Waals surface area contributed by atoms with E-state index in [2.05, 4.69) is 5.32 Å². The molecule has 1 amide bonds. The molecule has 5 nitrogen and oxygen atoms in total. The highest BCUT2D eigenvalue weighted by molar-refractivity contribution is 5.80. The van der Waals surface area contributed by atoms with Gasteiger partial charge in [0.2, 0.25) is 0 Å². The maximum absolute atomic E-state index is 11.7. The summed E-state index contributed by atoms with van der Waals surface area (Å²) < 4.78 is 10.5. The van der Waals surface area contributed by atoms with E-state index < -0.39 is 6.10 Å². The first-order chi connectivity index (χ1) is 8.25. The van der Waals surface area contributed by atoms with Gasteiger partial charge in [-0.1, -0.05) is 6.42 Å². The molecule has 98 valence electrons. The number of amides is 1. The molecular weight excluding hydrogens is 222 g/mol. The van der Waals surface area contributed by atoms with Gasteiger partial charge in [0.1, 0.15) is 0 Å². The summed E-state index contributed by atoms with van der Waals surface area (Å²) in [6.07, 6.45) is 3.16. The second-order valence-electron chi connectivity index (χ2n) is 4.87. The van der Waals surface area contributed by atoms with Crippen molar-refractivity contribution < 1.29 is 19.4 Å². The van der Waals surface area contributed by atoms with Crippen molar-refractivity contribution in [3.63, 3.8) is 0 Å². The summed E-state index contributed by atoms with van der Waals surface area (Å²) in [6, 6.07) is 0. The van der Waals surface area contributed by atoms with E-state index in [1.165, 1.54) is 0 Å². The maximum Gasteiger partial charge on any atom is 0.251 e. The van der Waals surface area contributed by atoms with Crippen LogP contribution in [0.25, 0.3) is 0 Å². The molecule has 0 bridgehead atoms. The zero-order valence-electron chi connectivity index (χ0n) is 10.1. The van der Waals surface area contributed by atoms with Crippen LogP contribution in [-0.4, -0.2) is 49.6 Å². The lowest BCUT2D eigenvalue weighted by atomic mass is 9.87. The molecule has 2 rings (SSSR count). The van der Waals surface area contributed by atoms with E-state index in [0.29, 0.717) is 32.3 Å². The summed E-state index contributed by atoms with van der Waals surface area (Å²) in [6.45, 7) is 2.04. The first kappa shape index (κ1) is 12.8. The van der Waals surface area contributed by atoms with Crippen molar-refractivity contribution in [2.75, 3.05) is 26.4 Å². The lowest BCUT2D eigenvalue weighted by Crippen LogP contribution is -2.44. The van der Waals surface area contributed by atoms with Crippen LogP contribution in [0.15, 0.2) is 0 Å². The minimum atomic E-state index is -0.461. The van der Waals surface area contributed by atoms with Crippen LogP contribution in [0, 0.1) is 5.92 Å². The van der Waals surface area contributed by atoms with Crippen LogP contribution in [0.1, 0.15) is 25.7 Å². The molecule has 0 aromatic rings. The number of hydrogen-bond donors (Lipinski definition) is 2. The number of nitrogens with one attached hydrogen (secondary N) is 1. The Kier molecular flexibility index (Phi) is 4.76. The Bertz CT molecular complexity index is 253. The summed E-state index contributed by atoms with van der Waals surface area (Å²) in [5.41, 5.74) is 0. The van der Waals surface area contributed by atoms with Crippen molar-refractivity contribution in [2.24, 2.45) is 5.92 Å². The van der Waals surface area contributed by atoms with Crippen LogP contribution >= 0.6 is 0 Å². The monoisotopic (exact) mass is 243 g/mol. The second-order valence-corrected chi connectivity index (χ2v) is 4.87. The van der Waals surface area contributed by atoms with Gasteiger partial charge in [0.25, 0.3) is 5.91 Å². The van der Waals surface area contributed by atoms with Gasteiger partial charge in [0.15, 0.2) is 6.10 Å². The number of rotatable bonds is 3. The molecule has 2 fully saturated rings. The van der Waals surface area contributed by atoms with Crippen LogP contribution in [0.5, 0.6) is 0 Å². The van der Waals surface area contributed by atoms with Crippen molar-refractivity contribution in [2.45, 2.75) is 37.9 Å². The fourth-order valence-electron chi connectivity index (χ4n) is 2.45. The molecule has 1 heterocycles. The summed E-state index contributed by atoms with van der Waals surface area (Å²) in [4.78, 5) is 11.7. The third-order valence-electron chi connectivity index (χ3n) is 3.43. The Morgan fingerprint density at radius 1 is 1.35 bits per heavy atom. The molecule has 5 heteroatoms. The van der Waals surface area contributed by atoms with E-state index >= 15 is 0 Å². The highest BCUT2D eigenvalue weighted by Crippen LogP contribution is 2.23. The zero-order chi connectivity index (χ0) is 12.1. The number of hydrogen-bond acceptors (Lipinski definition) is 4. The van der Waals surface area contributed by atoms with Crippen molar-refractivity contribution >= 4 is 5.91 Å². The Morgan fingerprint density at radius 3 is 2.94 bits per heavy atom. The largest absolute Gasteiger partial charge is 0.393 e. The molecule has 0 radical (unpaired) electrons. The molecule has 1 saturated carbocycles. The third kappa shape index (κ3) is 3.94.